The fourth-order valence-corrected chi connectivity index (χ4v) is 2.00. The molecule has 0 aliphatic rings. The predicted molar refractivity (Wildman–Crippen MR) is 80.8 cm³/mol. The number of alkyl halides is 3. The SMILES string of the molecule is CCc1ccc(OCC(O)Cn2nc(C(F)(F)F)ccc2=O)cc1. The van der Waals surface area contributed by atoms with Gasteiger partial charge in [-0.25, -0.2) is 4.68 Å². The molecule has 1 atom stereocenters. The Morgan fingerprint density at radius 1 is 1.21 bits per heavy atom. The van der Waals surface area contributed by atoms with E-state index in [1.54, 1.807) is 12.1 Å². The van der Waals surface area contributed by atoms with Gasteiger partial charge < -0.3 is 9.84 Å². The van der Waals surface area contributed by atoms with Crippen LogP contribution in [-0.4, -0.2) is 27.6 Å². The van der Waals surface area contributed by atoms with Gasteiger partial charge in [0.2, 0.25) is 0 Å². The van der Waals surface area contributed by atoms with Crippen LogP contribution in [0.5, 0.6) is 5.75 Å². The highest BCUT2D eigenvalue weighted by molar-refractivity contribution is 5.27. The second-order valence-corrected chi connectivity index (χ2v) is 5.20. The van der Waals surface area contributed by atoms with Crippen molar-refractivity contribution in [1.82, 2.24) is 9.78 Å². The first kappa shape index (κ1) is 18.0. The number of ether oxygens (including phenoxy) is 1. The zero-order valence-electron chi connectivity index (χ0n) is 13.0. The van der Waals surface area contributed by atoms with Crippen LogP contribution in [0.4, 0.5) is 13.2 Å². The second-order valence-electron chi connectivity index (χ2n) is 5.20. The van der Waals surface area contributed by atoms with E-state index in [2.05, 4.69) is 5.10 Å². The Morgan fingerprint density at radius 2 is 1.88 bits per heavy atom. The Hall–Kier alpha value is -2.35. The lowest BCUT2D eigenvalue weighted by atomic mass is 10.2. The van der Waals surface area contributed by atoms with Crippen LogP contribution in [0, 0.1) is 0 Å². The standard InChI is InChI=1S/C16H17F3N2O3/c1-2-11-3-5-13(6-4-11)24-10-12(22)9-21-15(23)8-7-14(20-21)16(17,18)19/h3-8,12,22H,2,9-10H2,1H3. The molecule has 0 spiro atoms. The quantitative estimate of drug-likeness (QED) is 0.875. The third kappa shape index (κ3) is 4.82. The average Bonchev–Trinajstić information content (AvgIpc) is 2.54. The number of benzene rings is 1. The van der Waals surface area contributed by atoms with Crippen LogP contribution >= 0.6 is 0 Å². The van der Waals surface area contributed by atoms with E-state index in [-0.39, 0.29) is 6.61 Å². The van der Waals surface area contributed by atoms with Gasteiger partial charge in [-0.1, -0.05) is 19.1 Å². The highest BCUT2D eigenvalue weighted by Crippen LogP contribution is 2.26. The number of aryl methyl sites for hydroxylation is 1. The van der Waals surface area contributed by atoms with Crippen LogP contribution < -0.4 is 10.3 Å². The van der Waals surface area contributed by atoms with E-state index in [0.29, 0.717) is 16.5 Å². The Labute approximate surface area is 136 Å². The van der Waals surface area contributed by atoms with Gasteiger partial charge in [0.25, 0.3) is 5.56 Å². The Kier molecular flexibility index (Phi) is 5.61. The van der Waals surface area contributed by atoms with Gasteiger partial charge in [-0.3, -0.25) is 4.79 Å². The molecule has 1 heterocycles. The van der Waals surface area contributed by atoms with Crippen LogP contribution in [0.25, 0.3) is 0 Å². The Balaban J connectivity index is 1.98. The number of hydrogen-bond acceptors (Lipinski definition) is 4. The molecule has 1 aromatic heterocycles. The van der Waals surface area contributed by atoms with E-state index in [1.807, 2.05) is 19.1 Å². The molecule has 0 radical (unpaired) electrons. The van der Waals surface area contributed by atoms with Gasteiger partial charge in [-0.05, 0) is 30.2 Å². The number of aliphatic hydroxyl groups excluding tert-OH is 1. The minimum Gasteiger partial charge on any atom is -0.491 e. The van der Waals surface area contributed by atoms with Gasteiger partial charge in [0.05, 0.1) is 6.54 Å². The highest BCUT2D eigenvalue weighted by Gasteiger charge is 2.33. The van der Waals surface area contributed by atoms with E-state index in [4.69, 9.17) is 4.74 Å². The third-order valence-corrected chi connectivity index (χ3v) is 3.31. The Morgan fingerprint density at radius 3 is 2.46 bits per heavy atom. The molecule has 0 aliphatic carbocycles. The van der Waals surface area contributed by atoms with Gasteiger partial charge in [0.1, 0.15) is 18.5 Å². The number of rotatable bonds is 6. The van der Waals surface area contributed by atoms with Crippen LogP contribution in [0.15, 0.2) is 41.2 Å². The molecule has 2 aromatic rings. The van der Waals surface area contributed by atoms with Gasteiger partial charge in [0, 0.05) is 6.07 Å². The summed E-state index contributed by atoms with van der Waals surface area (Å²) in [6.07, 6.45) is -4.95. The maximum absolute atomic E-state index is 12.6. The third-order valence-electron chi connectivity index (χ3n) is 3.31. The highest BCUT2D eigenvalue weighted by atomic mass is 19.4. The van der Waals surface area contributed by atoms with Crippen LogP contribution in [0.3, 0.4) is 0 Å². The summed E-state index contributed by atoms with van der Waals surface area (Å²) in [7, 11) is 0. The molecule has 0 saturated heterocycles. The number of halogens is 3. The van der Waals surface area contributed by atoms with Crippen molar-refractivity contribution in [1.29, 1.82) is 0 Å². The summed E-state index contributed by atoms with van der Waals surface area (Å²) >= 11 is 0. The molecule has 1 unspecified atom stereocenters. The fraction of sp³-hybridized carbons (Fsp3) is 0.375. The van der Waals surface area contributed by atoms with Gasteiger partial charge in [-0.2, -0.15) is 18.3 Å². The number of nitrogens with zero attached hydrogens (tertiary/aromatic N) is 2. The van der Waals surface area contributed by atoms with E-state index in [9.17, 15) is 23.1 Å². The van der Waals surface area contributed by atoms with Crippen molar-refractivity contribution in [3.05, 3.63) is 58.0 Å². The monoisotopic (exact) mass is 342 g/mol. The van der Waals surface area contributed by atoms with Crippen molar-refractivity contribution >= 4 is 0 Å². The smallest absolute Gasteiger partial charge is 0.435 e. The molecule has 8 heteroatoms. The van der Waals surface area contributed by atoms with E-state index < -0.39 is 30.1 Å². The summed E-state index contributed by atoms with van der Waals surface area (Å²) in [6, 6.07) is 8.60. The second kappa shape index (κ2) is 7.48. The summed E-state index contributed by atoms with van der Waals surface area (Å²) in [5, 5.41) is 13.1. The van der Waals surface area contributed by atoms with Crippen LogP contribution in [0.2, 0.25) is 0 Å². The first-order chi connectivity index (χ1) is 11.3. The normalized spacial score (nSPS) is 12.9. The molecule has 5 nitrogen and oxygen atoms in total. The largest absolute Gasteiger partial charge is 0.491 e. The van der Waals surface area contributed by atoms with Crippen molar-refractivity contribution in [3.8, 4) is 5.75 Å². The zero-order chi connectivity index (χ0) is 17.7. The summed E-state index contributed by atoms with van der Waals surface area (Å²) in [6.45, 7) is 1.45. The minimum atomic E-state index is -4.65. The van der Waals surface area contributed by atoms with Gasteiger partial charge >= 0.3 is 6.18 Å². The van der Waals surface area contributed by atoms with Crippen molar-refractivity contribution in [2.75, 3.05) is 6.61 Å². The lowest BCUT2D eigenvalue weighted by Gasteiger charge is -2.14. The molecule has 1 aromatic carbocycles. The van der Waals surface area contributed by atoms with Crippen LogP contribution in [-0.2, 0) is 19.1 Å². The summed E-state index contributed by atoms with van der Waals surface area (Å²) < 4.78 is 43.8. The maximum atomic E-state index is 12.6. The molecular formula is C16H17F3N2O3. The maximum Gasteiger partial charge on any atom is 0.435 e. The first-order valence-electron chi connectivity index (χ1n) is 7.34. The van der Waals surface area contributed by atoms with E-state index in [1.165, 1.54) is 0 Å². The lowest BCUT2D eigenvalue weighted by Crippen LogP contribution is -2.33. The summed E-state index contributed by atoms with van der Waals surface area (Å²) in [4.78, 5) is 11.6. The van der Waals surface area contributed by atoms with Gasteiger partial charge in [0.15, 0.2) is 5.69 Å². The minimum absolute atomic E-state index is 0.171. The van der Waals surface area contributed by atoms with Gasteiger partial charge in [-0.15, -0.1) is 0 Å². The van der Waals surface area contributed by atoms with Crippen molar-refractivity contribution in [2.45, 2.75) is 32.2 Å². The zero-order valence-corrected chi connectivity index (χ0v) is 13.0. The topological polar surface area (TPSA) is 64.3 Å². The number of aliphatic hydroxyl groups is 1. The molecule has 0 fully saturated rings. The van der Waals surface area contributed by atoms with Crippen molar-refractivity contribution < 1.29 is 23.0 Å². The molecule has 130 valence electrons. The first-order valence-corrected chi connectivity index (χ1v) is 7.34. The van der Waals surface area contributed by atoms with Crippen LogP contribution in [0.1, 0.15) is 18.2 Å². The lowest BCUT2D eigenvalue weighted by molar-refractivity contribution is -0.142. The Bertz CT molecular complexity index is 727. The molecule has 0 amide bonds. The van der Waals surface area contributed by atoms with E-state index in [0.717, 1.165) is 18.1 Å². The van der Waals surface area contributed by atoms with E-state index >= 15 is 0 Å². The molecule has 1 N–H and O–H groups in total. The summed E-state index contributed by atoms with van der Waals surface area (Å²) in [5.74, 6) is 0.524. The average molecular weight is 342 g/mol. The number of aromatic nitrogens is 2. The number of hydrogen-bond donors (Lipinski definition) is 1. The molecule has 0 aliphatic heterocycles. The molecular weight excluding hydrogens is 325 g/mol. The molecule has 24 heavy (non-hydrogen) atoms. The van der Waals surface area contributed by atoms with Crippen molar-refractivity contribution in [2.24, 2.45) is 0 Å². The molecule has 0 bridgehead atoms. The van der Waals surface area contributed by atoms with Crippen molar-refractivity contribution in [3.63, 3.8) is 0 Å². The molecule has 2 rings (SSSR count). The molecule has 0 saturated carbocycles. The summed E-state index contributed by atoms with van der Waals surface area (Å²) in [5.41, 5.74) is -0.790. The fourth-order valence-electron chi connectivity index (χ4n) is 2.00. The predicted octanol–water partition coefficient (Wildman–Crippen LogP) is 2.26.